The van der Waals surface area contributed by atoms with Crippen molar-refractivity contribution in [2.75, 3.05) is 26.8 Å². The molecule has 0 bridgehead atoms. The monoisotopic (exact) mass is 331 g/mol. The van der Waals surface area contributed by atoms with E-state index in [0.29, 0.717) is 0 Å². The molecule has 0 fully saturated rings. The highest BCUT2D eigenvalue weighted by Gasteiger charge is 1.99. The van der Waals surface area contributed by atoms with E-state index in [-0.39, 0.29) is 0 Å². The summed E-state index contributed by atoms with van der Waals surface area (Å²) in [7, 11) is 1.71. The van der Waals surface area contributed by atoms with Gasteiger partial charge in [-0.15, -0.1) is 0 Å². The van der Waals surface area contributed by atoms with Gasteiger partial charge in [-0.05, 0) is 40.0 Å². The summed E-state index contributed by atoms with van der Waals surface area (Å²) in [6.45, 7) is 4.65. The molecule has 1 N–H and O–H groups in total. The molecule has 100 valence electrons. The van der Waals surface area contributed by atoms with Crippen molar-refractivity contribution < 1.29 is 4.74 Å². The topological polar surface area (TPSA) is 21.3 Å². The molecular weight excluding hydrogens is 314 g/mol. The molecule has 0 unspecified atom stereocenters. The number of hydrogen-bond donors (Lipinski definition) is 1. The zero-order valence-electron chi connectivity index (χ0n) is 10.8. The Labute approximate surface area is 122 Å². The third-order valence-corrected chi connectivity index (χ3v) is 3.84. The number of hydrogen-bond acceptors (Lipinski definition) is 2. The molecule has 0 heterocycles. The van der Waals surface area contributed by atoms with Crippen LogP contribution in [0.25, 0.3) is 6.08 Å². The molecule has 0 aliphatic rings. The average Bonchev–Trinajstić information content (AvgIpc) is 2.37. The van der Waals surface area contributed by atoms with Crippen molar-refractivity contribution in [3.8, 4) is 0 Å². The Morgan fingerprint density at radius 1 is 1.50 bits per heavy atom. The molecule has 4 heteroatoms. The zero-order chi connectivity index (χ0) is 13.4. The van der Waals surface area contributed by atoms with Gasteiger partial charge in [-0.25, -0.2) is 0 Å². The van der Waals surface area contributed by atoms with Gasteiger partial charge < -0.3 is 10.1 Å². The zero-order valence-corrected chi connectivity index (χ0v) is 13.1. The number of nitrogens with one attached hydrogen (secondary N) is 1. The maximum Gasteiger partial charge on any atom is 0.0587 e. The van der Waals surface area contributed by atoms with Crippen LogP contribution in [0.4, 0.5) is 0 Å². The third kappa shape index (κ3) is 5.53. The van der Waals surface area contributed by atoms with E-state index in [2.05, 4.69) is 40.3 Å². The Hall–Kier alpha value is -0.350. The molecule has 18 heavy (non-hydrogen) atoms. The van der Waals surface area contributed by atoms with Crippen molar-refractivity contribution in [3.63, 3.8) is 0 Å². The molecule has 0 amide bonds. The first-order valence-corrected chi connectivity index (χ1v) is 7.18. The van der Waals surface area contributed by atoms with Crippen LogP contribution in [-0.4, -0.2) is 26.8 Å². The van der Waals surface area contributed by atoms with Gasteiger partial charge >= 0.3 is 0 Å². The second kappa shape index (κ2) is 8.70. The minimum absolute atomic E-state index is 0.737. The normalized spacial score (nSPS) is 11.9. The quantitative estimate of drug-likeness (QED) is 0.758. The van der Waals surface area contributed by atoms with E-state index in [1.54, 1.807) is 7.11 Å². The average molecular weight is 333 g/mol. The lowest BCUT2D eigenvalue weighted by Gasteiger charge is -2.07. The van der Waals surface area contributed by atoms with Crippen molar-refractivity contribution >= 4 is 33.6 Å². The molecule has 0 atom stereocenters. The van der Waals surface area contributed by atoms with Crippen molar-refractivity contribution in [2.24, 2.45) is 0 Å². The highest BCUT2D eigenvalue weighted by molar-refractivity contribution is 9.10. The van der Waals surface area contributed by atoms with Gasteiger partial charge in [0, 0.05) is 24.7 Å². The van der Waals surface area contributed by atoms with Gasteiger partial charge in [-0.3, -0.25) is 0 Å². The van der Waals surface area contributed by atoms with E-state index >= 15 is 0 Å². The Kier molecular flexibility index (Phi) is 7.59. The fourth-order valence-electron chi connectivity index (χ4n) is 1.54. The molecule has 0 saturated carbocycles. The lowest BCUT2D eigenvalue weighted by atomic mass is 10.1. The van der Waals surface area contributed by atoms with Crippen LogP contribution >= 0.6 is 27.5 Å². The highest BCUT2D eigenvalue weighted by atomic mass is 79.9. The molecule has 0 aromatic heterocycles. The second-order valence-electron chi connectivity index (χ2n) is 4.00. The van der Waals surface area contributed by atoms with E-state index < -0.39 is 0 Å². The molecular formula is C14H19BrClNO. The van der Waals surface area contributed by atoms with E-state index in [1.807, 2.05) is 12.1 Å². The van der Waals surface area contributed by atoms with Gasteiger partial charge in [-0.2, -0.15) is 0 Å². The molecule has 0 spiro atoms. The van der Waals surface area contributed by atoms with Gasteiger partial charge in [0.2, 0.25) is 0 Å². The smallest absolute Gasteiger partial charge is 0.0587 e. The van der Waals surface area contributed by atoms with Gasteiger partial charge in [0.05, 0.1) is 11.6 Å². The van der Waals surface area contributed by atoms with E-state index in [9.17, 15) is 0 Å². The van der Waals surface area contributed by atoms with E-state index in [4.69, 9.17) is 16.3 Å². The number of rotatable bonds is 7. The van der Waals surface area contributed by atoms with Gasteiger partial charge in [0.25, 0.3) is 0 Å². The molecule has 1 aromatic carbocycles. The predicted molar refractivity (Wildman–Crippen MR) is 82.2 cm³/mol. The number of methoxy groups -OCH3 is 1. The first kappa shape index (κ1) is 15.7. The lowest BCUT2D eigenvalue weighted by molar-refractivity contribution is 0.200. The van der Waals surface area contributed by atoms with E-state index in [0.717, 1.165) is 41.2 Å². The fraction of sp³-hybridized carbons (Fsp3) is 0.429. The molecule has 0 aliphatic carbocycles. The Bertz CT molecular complexity index is 407. The first-order valence-electron chi connectivity index (χ1n) is 6.01. The molecule has 0 radical (unpaired) electrons. The summed E-state index contributed by atoms with van der Waals surface area (Å²) in [5.41, 5.74) is 2.48. The number of halogens is 2. The van der Waals surface area contributed by atoms with Crippen molar-refractivity contribution in [1.29, 1.82) is 0 Å². The number of ether oxygens (including phenoxy) is 1. The van der Waals surface area contributed by atoms with Crippen molar-refractivity contribution in [1.82, 2.24) is 5.32 Å². The number of benzene rings is 1. The first-order chi connectivity index (χ1) is 8.67. The predicted octanol–water partition coefficient (Wildman–Crippen LogP) is 4.13. The van der Waals surface area contributed by atoms with Crippen LogP contribution in [0.1, 0.15) is 18.9 Å². The van der Waals surface area contributed by atoms with Gasteiger partial charge in [0.1, 0.15) is 0 Å². The third-order valence-electron chi connectivity index (χ3n) is 2.60. The standard InChI is InChI=1S/C14H19BrClNO/c1-3-11(10-17-6-7-18-2)8-12-4-5-13(15)14(16)9-12/h4-5,8-9,17H,3,6-7,10H2,1-2H3/b11-8-. The summed E-state index contributed by atoms with van der Waals surface area (Å²) in [4.78, 5) is 0. The van der Waals surface area contributed by atoms with Gasteiger partial charge in [0.15, 0.2) is 0 Å². The molecule has 0 saturated heterocycles. The van der Waals surface area contributed by atoms with E-state index in [1.165, 1.54) is 5.57 Å². The SMILES string of the molecule is CC/C(=C/c1ccc(Br)c(Cl)c1)CNCCOC. The minimum Gasteiger partial charge on any atom is -0.383 e. The Morgan fingerprint density at radius 3 is 2.89 bits per heavy atom. The summed E-state index contributed by atoms with van der Waals surface area (Å²) in [6, 6.07) is 6.00. The van der Waals surface area contributed by atoms with Crippen LogP contribution in [0.2, 0.25) is 5.02 Å². The summed E-state index contributed by atoms with van der Waals surface area (Å²) in [5, 5.41) is 4.09. The van der Waals surface area contributed by atoms with Crippen LogP contribution in [0.5, 0.6) is 0 Å². The summed E-state index contributed by atoms with van der Waals surface area (Å²) in [6.07, 6.45) is 3.20. The summed E-state index contributed by atoms with van der Waals surface area (Å²) < 4.78 is 5.93. The molecule has 1 aromatic rings. The van der Waals surface area contributed by atoms with Crippen LogP contribution in [0.15, 0.2) is 28.2 Å². The maximum absolute atomic E-state index is 6.08. The Morgan fingerprint density at radius 2 is 2.28 bits per heavy atom. The van der Waals surface area contributed by atoms with Crippen molar-refractivity contribution in [2.45, 2.75) is 13.3 Å². The van der Waals surface area contributed by atoms with Crippen LogP contribution < -0.4 is 5.32 Å². The van der Waals surface area contributed by atoms with Crippen LogP contribution in [0.3, 0.4) is 0 Å². The Balaban J connectivity index is 2.62. The highest BCUT2D eigenvalue weighted by Crippen LogP contribution is 2.24. The maximum atomic E-state index is 6.08. The van der Waals surface area contributed by atoms with Gasteiger partial charge in [-0.1, -0.05) is 36.2 Å². The summed E-state index contributed by atoms with van der Waals surface area (Å²) in [5.74, 6) is 0. The molecule has 0 aliphatic heterocycles. The summed E-state index contributed by atoms with van der Waals surface area (Å²) >= 11 is 9.47. The molecule has 2 nitrogen and oxygen atoms in total. The second-order valence-corrected chi connectivity index (χ2v) is 5.26. The lowest BCUT2D eigenvalue weighted by Crippen LogP contribution is -2.21. The fourth-order valence-corrected chi connectivity index (χ4v) is 1.97. The minimum atomic E-state index is 0.737. The van der Waals surface area contributed by atoms with Crippen LogP contribution in [-0.2, 0) is 4.74 Å². The molecule has 1 rings (SSSR count). The van der Waals surface area contributed by atoms with Crippen LogP contribution in [0, 0.1) is 0 Å². The van der Waals surface area contributed by atoms with Crippen molar-refractivity contribution in [3.05, 3.63) is 38.8 Å². The largest absolute Gasteiger partial charge is 0.383 e.